The van der Waals surface area contributed by atoms with E-state index in [2.05, 4.69) is 18.7 Å². The molecule has 3 nitrogen and oxygen atoms in total. The molecule has 1 atom stereocenters. The van der Waals surface area contributed by atoms with Crippen LogP contribution in [0.25, 0.3) is 0 Å². The van der Waals surface area contributed by atoms with Crippen molar-refractivity contribution in [3.05, 3.63) is 29.8 Å². The third-order valence-electron chi connectivity index (χ3n) is 3.29. The molecule has 1 unspecified atom stereocenters. The largest absolute Gasteiger partial charge is 0.398 e. The lowest BCUT2D eigenvalue weighted by molar-refractivity contribution is 0.111. The van der Waals surface area contributed by atoms with Gasteiger partial charge in [-0.15, -0.1) is 0 Å². The molecule has 1 heterocycles. The van der Waals surface area contributed by atoms with E-state index in [1.165, 1.54) is 0 Å². The molecule has 1 fully saturated rings. The number of anilines is 1. The summed E-state index contributed by atoms with van der Waals surface area (Å²) in [5.74, 6) is 1.13. The van der Waals surface area contributed by atoms with Gasteiger partial charge in [-0.05, 0) is 19.9 Å². The summed E-state index contributed by atoms with van der Waals surface area (Å²) in [6.45, 7) is 7.23. The molecule has 0 aliphatic carbocycles. The lowest BCUT2D eigenvalue weighted by atomic mass is 10.1. The number of hydrogen-bond acceptors (Lipinski definition) is 4. The van der Waals surface area contributed by atoms with Gasteiger partial charge >= 0.3 is 0 Å². The Morgan fingerprint density at radius 3 is 2.83 bits per heavy atom. The first-order valence-electron chi connectivity index (χ1n) is 6.37. The van der Waals surface area contributed by atoms with Crippen LogP contribution in [-0.2, 0) is 0 Å². The average molecular weight is 266 g/mol. The van der Waals surface area contributed by atoms with Crippen LogP contribution in [0, 0.1) is 0 Å². The van der Waals surface area contributed by atoms with E-state index in [1.54, 1.807) is 0 Å². The fraction of sp³-hybridized carbons (Fsp3) is 0.571. The molecular weight excluding hydrogens is 244 g/mol. The summed E-state index contributed by atoms with van der Waals surface area (Å²) in [7, 11) is 0. The first-order valence-corrected chi connectivity index (χ1v) is 7.35. The molecule has 1 aliphatic rings. The standard InChI is InChI=1S/C14H22N2OS/c1-14(2)10-16(7-8-18-14)9-13(17)11-5-3-4-6-12(11)15/h3-6,13,17H,7-10,15H2,1-2H3. The molecule has 1 aromatic carbocycles. The molecule has 0 saturated carbocycles. The molecule has 2 rings (SSSR count). The lowest BCUT2D eigenvalue weighted by Gasteiger charge is -2.38. The third kappa shape index (κ3) is 3.40. The summed E-state index contributed by atoms with van der Waals surface area (Å²) in [6, 6.07) is 7.56. The molecule has 18 heavy (non-hydrogen) atoms. The molecule has 0 bridgehead atoms. The van der Waals surface area contributed by atoms with E-state index in [0.717, 1.165) is 24.4 Å². The van der Waals surface area contributed by atoms with Crippen LogP contribution in [0.4, 0.5) is 5.69 Å². The van der Waals surface area contributed by atoms with E-state index in [-0.39, 0.29) is 4.75 Å². The summed E-state index contributed by atoms with van der Waals surface area (Å²) in [4.78, 5) is 2.33. The van der Waals surface area contributed by atoms with Crippen LogP contribution < -0.4 is 5.73 Å². The molecular formula is C14H22N2OS. The number of benzene rings is 1. The van der Waals surface area contributed by atoms with Crippen molar-refractivity contribution in [1.29, 1.82) is 0 Å². The fourth-order valence-corrected chi connectivity index (χ4v) is 3.60. The van der Waals surface area contributed by atoms with E-state index in [9.17, 15) is 5.11 Å². The van der Waals surface area contributed by atoms with Crippen molar-refractivity contribution in [2.24, 2.45) is 0 Å². The van der Waals surface area contributed by atoms with Gasteiger partial charge in [0.05, 0.1) is 6.10 Å². The van der Waals surface area contributed by atoms with E-state index in [0.29, 0.717) is 12.2 Å². The number of hydrogen-bond donors (Lipinski definition) is 2. The van der Waals surface area contributed by atoms with Gasteiger partial charge in [-0.25, -0.2) is 0 Å². The Bertz CT molecular complexity index is 409. The molecule has 0 aromatic heterocycles. The first kappa shape index (κ1) is 13.7. The zero-order chi connectivity index (χ0) is 13.2. The molecule has 4 heteroatoms. The van der Waals surface area contributed by atoms with Crippen LogP contribution in [-0.4, -0.2) is 40.1 Å². The van der Waals surface area contributed by atoms with Crippen molar-refractivity contribution < 1.29 is 5.11 Å². The number of nitrogen functional groups attached to an aromatic ring is 1. The minimum Gasteiger partial charge on any atom is -0.398 e. The second-order valence-corrected chi connectivity index (χ2v) is 7.29. The van der Waals surface area contributed by atoms with Gasteiger partial charge in [0.1, 0.15) is 0 Å². The van der Waals surface area contributed by atoms with Crippen molar-refractivity contribution in [3.8, 4) is 0 Å². The Hall–Kier alpha value is -0.710. The number of nitrogens with two attached hydrogens (primary N) is 1. The fourth-order valence-electron chi connectivity index (χ4n) is 2.43. The maximum atomic E-state index is 10.3. The first-order chi connectivity index (χ1) is 8.48. The Kier molecular flexibility index (Phi) is 4.20. The van der Waals surface area contributed by atoms with Gasteiger partial charge in [0.2, 0.25) is 0 Å². The summed E-state index contributed by atoms with van der Waals surface area (Å²) < 4.78 is 0.278. The number of aliphatic hydroxyl groups is 1. The minimum atomic E-state index is -0.495. The minimum absolute atomic E-state index is 0.278. The van der Waals surface area contributed by atoms with Crippen molar-refractivity contribution in [2.45, 2.75) is 24.7 Å². The second kappa shape index (κ2) is 5.51. The Labute approximate surface area is 113 Å². The maximum absolute atomic E-state index is 10.3. The topological polar surface area (TPSA) is 49.5 Å². The van der Waals surface area contributed by atoms with Crippen molar-refractivity contribution in [3.63, 3.8) is 0 Å². The molecule has 0 spiro atoms. The Morgan fingerprint density at radius 1 is 1.44 bits per heavy atom. The third-order valence-corrected chi connectivity index (χ3v) is 4.59. The molecule has 3 N–H and O–H groups in total. The Morgan fingerprint density at radius 2 is 2.17 bits per heavy atom. The van der Waals surface area contributed by atoms with Crippen LogP contribution in [0.15, 0.2) is 24.3 Å². The van der Waals surface area contributed by atoms with E-state index < -0.39 is 6.10 Å². The predicted octanol–water partition coefficient (Wildman–Crippen LogP) is 2.13. The van der Waals surface area contributed by atoms with Gasteiger partial charge < -0.3 is 10.8 Å². The number of β-amino-alcohol motifs (C(OH)–C–C–N with tert-alkyl or cyclic N) is 1. The zero-order valence-electron chi connectivity index (χ0n) is 11.1. The molecule has 0 radical (unpaired) electrons. The number of nitrogens with zero attached hydrogens (tertiary/aromatic N) is 1. The summed E-state index contributed by atoms with van der Waals surface area (Å²) in [5, 5.41) is 10.3. The molecule has 100 valence electrons. The maximum Gasteiger partial charge on any atom is 0.0936 e. The highest BCUT2D eigenvalue weighted by Crippen LogP contribution is 2.31. The number of rotatable bonds is 3. The van der Waals surface area contributed by atoms with Gasteiger partial charge in [-0.3, -0.25) is 4.90 Å². The highest BCUT2D eigenvalue weighted by molar-refractivity contribution is 8.00. The SMILES string of the molecule is CC1(C)CN(CC(O)c2ccccc2N)CCS1. The van der Waals surface area contributed by atoms with E-state index in [4.69, 9.17) is 5.73 Å². The molecule has 1 aromatic rings. The highest BCUT2D eigenvalue weighted by atomic mass is 32.2. The monoisotopic (exact) mass is 266 g/mol. The van der Waals surface area contributed by atoms with Gasteiger partial charge in [-0.1, -0.05) is 18.2 Å². The van der Waals surface area contributed by atoms with Crippen molar-refractivity contribution in [1.82, 2.24) is 4.90 Å². The van der Waals surface area contributed by atoms with Gasteiger partial charge in [-0.2, -0.15) is 11.8 Å². The normalized spacial score (nSPS) is 21.7. The Balaban J connectivity index is 1.99. The van der Waals surface area contributed by atoms with E-state index >= 15 is 0 Å². The van der Waals surface area contributed by atoms with E-state index in [1.807, 2.05) is 36.0 Å². The van der Waals surface area contributed by atoms with Crippen molar-refractivity contribution >= 4 is 17.4 Å². The number of aliphatic hydroxyl groups excluding tert-OH is 1. The van der Waals surface area contributed by atoms with Crippen LogP contribution >= 0.6 is 11.8 Å². The quantitative estimate of drug-likeness (QED) is 0.823. The van der Waals surface area contributed by atoms with Crippen LogP contribution in [0.1, 0.15) is 25.5 Å². The van der Waals surface area contributed by atoms with Crippen LogP contribution in [0.2, 0.25) is 0 Å². The smallest absolute Gasteiger partial charge is 0.0936 e. The molecule has 1 saturated heterocycles. The number of para-hydroxylation sites is 1. The van der Waals surface area contributed by atoms with Crippen LogP contribution in [0.3, 0.4) is 0 Å². The summed E-state index contributed by atoms with van der Waals surface area (Å²) in [5.41, 5.74) is 7.41. The molecule has 1 aliphatic heterocycles. The number of thioether (sulfide) groups is 1. The van der Waals surface area contributed by atoms with Gasteiger partial charge in [0, 0.05) is 41.4 Å². The second-order valence-electron chi connectivity index (χ2n) is 5.49. The average Bonchev–Trinajstić information content (AvgIpc) is 2.28. The van der Waals surface area contributed by atoms with Crippen molar-refractivity contribution in [2.75, 3.05) is 31.1 Å². The van der Waals surface area contributed by atoms with Gasteiger partial charge in [0.25, 0.3) is 0 Å². The molecule has 0 amide bonds. The lowest BCUT2D eigenvalue weighted by Crippen LogP contribution is -2.44. The summed E-state index contributed by atoms with van der Waals surface area (Å²) >= 11 is 2.00. The van der Waals surface area contributed by atoms with Gasteiger partial charge in [0.15, 0.2) is 0 Å². The summed E-state index contributed by atoms with van der Waals surface area (Å²) in [6.07, 6.45) is -0.495. The highest BCUT2D eigenvalue weighted by Gasteiger charge is 2.28. The predicted molar refractivity (Wildman–Crippen MR) is 78.8 cm³/mol. The zero-order valence-corrected chi connectivity index (χ0v) is 11.9. The van der Waals surface area contributed by atoms with Crippen LogP contribution in [0.5, 0.6) is 0 Å².